The van der Waals surface area contributed by atoms with Crippen LogP contribution in [0.3, 0.4) is 0 Å². The van der Waals surface area contributed by atoms with Gasteiger partial charge in [0.25, 0.3) is 0 Å². The number of hydrogen-bond acceptors (Lipinski definition) is 6. The van der Waals surface area contributed by atoms with Crippen LogP contribution in [-0.2, 0) is 22.4 Å². The molecule has 6 N–H and O–H groups in total. The Morgan fingerprint density at radius 3 is 1.33 bits per heavy atom. The van der Waals surface area contributed by atoms with Gasteiger partial charge >= 0.3 is 11.9 Å². The number of allylic oxidation sites excluding steroid dienone is 2. The summed E-state index contributed by atoms with van der Waals surface area (Å²) in [6.45, 7) is 7.57. The molecule has 0 fully saturated rings. The average Bonchev–Trinajstić information content (AvgIpc) is 3.75. The number of aliphatic carboxylic acids is 2. The summed E-state index contributed by atoms with van der Waals surface area (Å²) in [6.07, 6.45) is 0.990. The van der Waals surface area contributed by atoms with Crippen LogP contribution in [0.4, 0.5) is 0 Å². The van der Waals surface area contributed by atoms with Crippen molar-refractivity contribution < 1.29 is 30.0 Å². The fourth-order valence-corrected chi connectivity index (χ4v) is 9.33. The van der Waals surface area contributed by atoms with Gasteiger partial charge in [-0.15, -0.1) is 0 Å². The number of aliphatic hydroxyl groups excluding tert-OH is 2. The number of carboxylic acids is 2. The SMILES string of the molecule is CC1=C(CCO)c2nc1c(Br)c1nc(c(Br)c3[nH]c(c(CCC(=O)O)c3C)c(Br)c3[nH]c(c(C)c3CCC(=O)O)c2Br)C(C)=C1CCO. The zero-order chi connectivity index (χ0) is 35.2. The highest BCUT2D eigenvalue weighted by atomic mass is 79.9. The first kappa shape index (κ1) is 36.7. The van der Waals surface area contributed by atoms with E-state index in [0.717, 1.165) is 44.5 Å². The third-order valence-electron chi connectivity index (χ3n) is 9.00. The average molecular weight is 914 g/mol. The first-order chi connectivity index (χ1) is 22.7. The summed E-state index contributed by atoms with van der Waals surface area (Å²) in [6, 6.07) is 0. The summed E-state index contributed by atoms with van der Waals surface area (Å²) < 4.78 is 2.57. The van der Waals surface area contributed by atoms with Crippen molar-refractivity contribution in [1.29, 1.82) is 0 Å². The lowest BCUT2D eigenvalue weighted by Gasteiger charge is -2.06. The molecular formula is C34H34Br4N4O6. The number of fused-ring (bicyclic) bond motifs is 8. The Labute approximate surface area is 310 Å². The van der Waals surface area contributed by atoms with Crippen LogP contribution in [-0.4, -0.2) is 65.5 Å². The molecule has 254 valence electrons. The van der Waals surface area contributed by atoms with E-state index in [0.29, 0.717) is 75.6 Å². The first-order valence-electron chi connectivity index (χ1n) is 15.3. The first-order valence-corrected chi connectivity index (χ1v) is 18.4. The van der Waals surface area contributed by atoms with Crippen molar-refractivity contribution in [3.8, 4) is 0 Å². The number of nitrogens with zero attached hydrogens (tertiary/aromatic N) is 2. The molecule has 3 aromatic heterocycles. The standard InChI is InChI=1S/C34H34Br4N4O6/c1-13-17(5-7-21(45)46)31-26(38)32-18(6-8-22(47)48)14(2)29(41-32)24(36)34-20(10-12-44)16(4)30(42-34)25(37)33-19(9-11-43)15(3)28(40-33)23(35)27(13)39-31/h39,41,43-44H,5-12H2,1-4H3,(H,45,46)(H,47,48). The second kappa shape index (κ2) is 14.7. The van der Waals surface area contributed by atoms with Crippen molar-refractivity contribution in [3.05, 3.63) is 62.9 Å². The maximum Gasteiger partial charge on any atom is 0.303 e. The topological polar surface area (TPSA) is 172 Å². The molecule has 0 aliphatic carbocycles. The van der Waals surface area contributed by atoms with Crippen LogP contribution < -0.4 is 0 Å². The van der Waals surface area contributed by atoms with E-state index in [4.69, 9.17) is 9.97 Å². The number of carboxylic acid groups (broad SMARTS) is 2. The van der Waals surface area contributed by atoms with E-state index in [2.05, 4.69) is 73.7 Å². The second-order valence-corrected chi connectivity index (χ2v) is 14.9. The number of aromatic nitrogens is 4. The van der Waals surface area contributed by atoms with Crippen molar-refractivity contribution >= 4 is 120 Å². The van der Waals surface area contributed by atoms with Gasteiger partial charge in [-0.3, -0.25) is 9.59 Å². The molecule has 0 radical (unpaired) electrons. The van der Waals surface area contributed by atoms with Crippen LogP contribution in [0.25, 0.3) is 44.4 Å². The third kappa shape index (κ3) is 6.51. The summed E-state index contributed by atoms with van der Waals surface area (Å²) in [7, 11) is 0. The van der Waals surface area contributed by atoms with Crippen LogP contribution in [0, 0.1) is 13.8 Å². The summed E-state index contributed by atoms with van der Waals surface area (Å²) >= 11 is 15.3. The number of carbonyl (C=O) groups is 2. The normalized spacial score (nSPS) is 13.2. The second-order valence-electron chi connectivity index (χ2n) is 11.8. The van der Waals surface area contributed by atoms with E-state index in [1.807, 2.05) is 27.7 Å². The minimum atomic E-state index is -0.930. The van der Waals surface area contributed by atoms with E-state index < -0.39 is 11.9 Å². The monoisotopic (exact) mass is 910 g/mol. The molecule has 0 saturated carbocycles. The largest absolute Gasteiger partial charge is 0.481 e. The molecule has 0 spiro atoms. The van der Waals surface area contributed by atoms with Gasteiger partial charge in [0.05, 0.1) is 62.7 Å². The third-order valence-corrected chi connectivity index (χ3v) is 12.1. The molecule has 0 atom stereocenters. The Morgan fingerprint density at radius 2 is 0.938 bits per heavy atom. The van der Waals surface area contributed by atoms with Gasteiger partial charge in [0.15, 0.2) is 0 Å². The van der Waals surface area contributed by atoms with E-state index in [1.165, 1.54) is 0 Å². The van der Waals surface area contributed by atoms with Gasteiger partial charge in [-0.05, 0) is 162 Å². The Kier molecular flexibility index (Phi) is 11.2. The van der Waals surface area contributed by atoms with Gasteiger partial charge in [0, 0.05) is 26.1 Å². The maximum atomic E-state index is 11.8. The van der Waals surface area contributed by atoms with Crippen LogP contribution in [0.1, 0.15) is 84.6 Å². The van der Waals surface area contributed by atoms with Crippen LogP contribution in [0.15, 0.2) is 17.9 Å². The van der Waals surface area contributed by atoms with Gasteiger partial charge in [-0.25, -0.2) is 9.97 Å². The molecule has 3 aromatic rings. The maximum absolute atomic E-state index is 11.8. The smallest absolute Gasteiger partial charge is 0.303 e. The number of H-pyrrole nitrogens is 2. The van der Waals surface area contributed by atoms with Crippen molar-refractivity contribution in [3.63, 3.8) is 0 Å². The number of rotatable bonds is 10. The molecule has 0 saturated heterocycles. The highest BCUT2D eigenvalue weighted by Gasteiger charge is 2.28. The minimum absolute atomic E-state index is 0.0873. The van der Waals surface area contributed by atoms with Crippen LogP contribution in [0.5, 0.6) is 0 Å². The van der Waals surface area contributed by atoms with Gasteiger partial charge in [0.1, 0.15) is 0 Å². The molecule has 2 aliphatic heterocycles. The molecule has 8 bridgehead atoms. The molecule has 0 amide bonds. The van der Waals surface area contributed by atoms with Crippen molar-refractivity contribution in [2.24, 2.45) is 0 Å². The number of nitrogens with one attached hydrogen (secondary N) is 2. The Morgan fingerprint density at radius 1 is 0.562 bits per heavy atom. The summed E-state index contributed by atoms with van der Waals surface area (Å²) in [5.74, 6) is -1.86. The number of aromatic amines is 2. The molecular weight excluding hydrogens is 880 g/mol. The molecule has 10 nitrogen and oxygen atoms in total. The quantitative estimate of drug-likeness (QED) is 0.117. The van der Waals surface area contributed by atoms with Gasteiger partial charge in [0.2, 0.25) is 0 Å². The lowest BCUT2D eigenvalue weighted by molar-refractivity contribution is -0.138. The van der Waals surface area contributed by atoms with Crippen LogP contribution >= 0.6 is 63.7 Å². The molecule has 48 heavy (non-hydrogen) atoms. The molecule has 0 aromatic carbocycles. The number of hydrogen-bond donors (Lipinski definition) is 6. The van der Waals surface area contributed by atoms with Gasteiger partial charge in [-0.2, -0.15) is 0 Å². The summed E-state index contributed by atoms with van der Waals surface area (Å²) in [4.78, 5) is 40.7. The van der Waals surface area contributed by atoms with Crippen molar-refractivity contribution in [2.45, 2.75) is 66.2 Å². The molecule has 5 heterocycles. The van der Waals surface area contributed by atoms with E-state index in [9.17, 15) is 30.0 Å². The van der Waals surface area contributed by atoms with Crippen molar-refractivity contribution in [2.75, 3.05) is 13.2 Å². The minimum Gasteiger partial charge on any atom is -0.481 e. The number of halogens is 4. The predicted octanol–water partition coefficient (Wildman–Crippen LogP) is 8.64. The fourth-order valence-electron chi connectivity index (χ4n) is 6.43. The highest BCUT2D eigenvalue weighted by molar-refractivity contribution is 9.11. The Balaban J connectivity index is 2.09. The number of aryl methyl sites for hydroxylation is 4. The molecule has 14 heteroatoms. The number of aliphatic hydroxyl groups is 2. The zero-order valence-electron chi connectivity index (χ0n) is 26.7. The Hall–Kier alpha value is -2.62. The predicted molar refractivity (Wildman–Crippen MR) is 202 cm³/mol. The van der Waals surface area contributed by atoms with E-state index >= 15 is 0 Å². The van der Waals surface area contributed by atoms with E-state index in [-0.39, 0.29) is 38.9 Å². The molecule has 2 aliphatic rings. The molecule has 0 unspecified atom stereocenters. The zero-order valence-corrected chi connectivity index (χ0v) is 33.0. The van der Waals surface area contributed by atoms with Crippen LogP contribution in [0.2, 0.25) is 0 Å². The lowest BCUT2D eigenvalue weighted by Crippen LogP contribution is -1.99. The highest BCUT2D eigenvalue weighted by Crippen LogP contribution is 2.45. The summed E-state index contributed by atoms with van der Waals surface area (Å²) in [5.41, 5.74) is 11.9. The van der Waals surface area contributed by atoms with E-state index in [1.54, 1.807) is 0 Å². The molecule has 5 rings (SSSR count). The van der Waals surface area contributed by atoms with Crippen molar-refractivity contribution in [1.82, 2.24) is 19.9 Å². The van der Waals surface area contributed by atoms with Gasteiger partial charge in [-0.1, -0.05) is 0 Å². The fraction of sp³-hybridized carbons (Fsp3) is 0.353. The summed E-state index contributed by atoms with van der Waals surface area (Å²) in [5, 5.41) is 39.4. The Bertz CT molecular complexity index is 2110. The lowest BCUT2D eigenvalue weighted by atomic mass is 10.0. The van der Waals surface area contributed by atoms with Gasteiger partial charge < -0.3 is 30.4 Å².